The van der Waals surface area contributed by atoms with Gasteiger partial charge in [0.15, 0.2) is 0 Å². The predicted molar refractivity (Wildman–Crippen MR) is 100 cm³/mol. The van der Waals surface area contributed by atoms with Gasteiger partial charge in [0.2, 0.25) is 5.91 Å². The minimum absolute atomic E-state index is 0.0780. The standard InChI is InChI=1S/C22H20NO2/c1-16(14-22(23)24)25-21-13-12-19(17-8-4-2-5-9-17)15-20(21)18-10-6-3-7-11-18/h2-13,15-16,23H,14H2,1H3. The molecule has 0 bridgehead atoms. The van der Waals surface area contributed by atoms with Gasteiger partial charge in [-0.15, -0.1) is 0 Å². The molecule has 0 spiro atoms. The highest BCUT2D eigenvalue weighted by molar-refractivity contribution is 5.78. The van der Waals surface area contributed by atoms with Crippen LogP contribution in [0.25, 0.3) is 22.3 Å². The summed E-state index contributed by atoms with van der Waals surface area (Å²) in [6.45, 7) is 1.81. The molecular weight excluding hydrogens is 310 g/mol. The lowest BCUT2D eigenvalue weighted by atomic mass is 9.98. The molecule has 0 heterocycles. The molecule has 3 nitrogen and oxygen atoms in total. The fraction of sp³-hybridized carbons (Fsp3) is 0.136. The molecule has 25 heavy (non-hydrogen) atoms. The van der Waals surface area contributed by atoms with E-state index >= 15 is 0 Å². The van der Waals surface area contributed by atoms with Crippen molar-refractivity contribution in [2.24, 2.45) is 0 Å². The third kappa shape index (κ3) is 4.27. The topological polar surface area (TPSA) is 50.1 Å². The van der Waals surface area contributed by atoms with Gasteiger partial charge in [-0.2, -0.15) is 0 Å². The first-order chi connectivity index (χ1) is 12.1. The monoisotopic (exact) mass is 330 g/mol. The number of carbonyl (C=O) groups is 1. The Morgan fingerprint density at radius 3 is 2.08 bits per heavy atom. The summed E-state index contributed by atoms with van der Waals surface area (Å²) in [4.78, 5) is 11.0. The number of rotatable bonds is 6. The second-order valence-electron chi connectivity index (χ2n) is 6.00. The summed E-state index contributed by atoms with van der Waals surface area (Å²) in [5.41, 5.74) is 11.4. The summed E-state index contributed by atoms with van der Waals surface area (Å²) in [6.07, 6.45) is -0.260. The van der Waals surface area contributed by atoms with Crippen molar-refractivity contribution in [3.05, 3.63) is 78.9 Å². The second-order valence-corrected chi connectivity index (χ2v) is 6.00. The van der Waals surface area contributed by atoms with E-state index < -0.39 is 5.91 Å². The minimum atomic E-state index is -0.616. The van der Waals surface area contributed by atoms with E-state index in [1.54, 1.807) is 0 Å². The molecule has 0 saturated heterocycles. The largest absolute Gasteiger partial charge is 0.490 e. The predicted octanol–water partition coefficient (Wildman–Crippen LogP) is 4.99. The smallest absolute Gasteiger partial charge is 0.242 e. The zero-order chi connectivity index (χ0) is 17.6. The van der Waals surface area contributed by atoms with Gasteiger partial charge in [0.05, 0.1) is 6.42 Å². The van der Waals surface area contributed by atoms with Crippen molar-refractivity contribution in [1.29, 1.82) is 0 Å². The molecule has 3 aromatic rings. The SMILES string of the molecule is CC(CC([NH])=O)Oc1ccc(-c2ccccc2)cc1-c1ccccc1. The lowest BCUT2D eigenvalue weighted by Gasteiger charge is -2.18. The van der Waals surface area contributed by atoms with Crippen LogP contribution in [0.3, 0.4) is 0 Å². The highest BCUT2D eigenvalue weighted by atomic mass is 16.5. The van der Waals surface area contributed by atoms with E-state index in [1.165, 1.54) is 0 Å². The number of hydrogen-bond acceptors (Lipinski definition) is 2. The first-order valence-electron chi connectivity index (χ1n) is 8.29. The molecule has 1 radical (unpaired) electrons. The first-order valence-corrected chi connectivity index (χ1v) is 8.29. The fourth-order valence-corrected chi connectivity index (χ4v) is 2.81. The van der Waals surface area contributed by atoms with Crippen LogP contribution in [0.15, 0.2) is 78.9 Å². The lowest BCUT2D eigenvalue weighted by Crippen LogP contribution is -2.17. The molecule has 0 aliphatic rings. The maximum absolute atomic E-state index is 11.0. The molecule has 3 rings (SSSR count). The Kier molecular flexibility index (Phi) is 5.14. The van der Waals surface area contributed by atoms with Crippen LogP contribution in [0.2, 0.25) is 0 Å². The Morgan fingerprint density at radius 1 is 0.880 bits per heavy atom. The molecule has 0 aliphatic heterocycles. The molecule has 0 saturated carbocycles. The van der Waals surface area contributed by atoms with Crippen molar-refractivity contribution < 1.29 is 9.53 Å². The van der Waals surface area contributed by atoms with Gasteiger partial charge in [-0.3, -0.25) is 10.5 Å². The quantitative estimate of drug-likeness (QED) is 0.639. The number of carbonyl (C=O) groups excluding carboxylic acids is 1. The van der Waals surface area contributed by atoms with Gasteiger partial charge < -0.3 is 4.74 Å². The van der Waals surface area contributed by atoms with Gasteiger partial charge in [0, 0.05) is 5.56 Å². The molecule has 1 amide bonds. The number of hydrogen-bond donors (Lipinski definition) is 0. The van der Waals surface area contributed by atoms with E-state index in [4.69, 9.17) is 10.5 Å². The second kappa shape index (κ2) is 7.67. The van der Waals surface area contributed by atoms with Crippen LogP contribution in [0.5, 0.6) is 5.75 Å². The van der Waals surface area contributed by atoms with E-state index in [1.807, 2.05) is 67.6 Å². The van der Waals surface area contributed by atoms with Crippen LogP contribution >= 0.6 is 0 Å². The molecule has 0 fully saturated rings. The molecular formula is C22H20NO2. The number of benzene rings is 3. The van der Waals surface area contributed by atoms with Crippen LogP contribution < -0.4 is 10.5 Å². The van der Waals surface area contributed by atoms with Crippen LogP contribution in [-0.4, -0.2) is 12.0 Å². The van der Waals surface area contributed by atoms with E-state index in [0.717, 1.165) is 28.0 Å². The summed E-state index contributed by atoms with van der Waals surface area (Å²) in [5.74, 6) is 0.106. The zero-order valence-corrected chi connectivity index (χ0v) is 14.1. The van der Waals surface area contributed by atoms with Crippen molar-refractivity contribution in [3.63, 3.8) is 0 Å². The molecule has 1 unspecified atom stereocenters. The third-order valence-corrected chi connectivity index (χ3v) is 3.97. The van der Waals surface area contributed by atoms with Gasteiger partial charge in [-0.1, -0.05) is 66.7 Å². The average molecular weight is 330 g/mol. The van der Waals surface area contributed by atoms with Gasteiger partial charge in [-0.05, 0) is 35.7 Å². The van der Waals surface area contributed by atoms with Crippen LogP contribution in [0, 0.1) is 0 Å². The molecule has 1 N–H and O–H groups in total. The third-order valence-electron chi connectivity index (χ3n) is 3.97. The van der Waals surface area contributed by atoms with Crippen molar-refractivity contribution >= 4 is 5.91 Å². The van der Waals surface area contributed by atoms with Crippen LogP contribution in [0.4, 0.5) is 0 Å². The van der Waals surface area contributed by atoms with Gasteiger partial charge in [0.25, 0.3) is 0 Å². The number of ether oxygens (including phenoxy) is 1. The summed E-state index contributed by atoms with van der Waals surface area (Å²) >= 11 is 0. The molecule has 1 atom stereocenters. The van der Waals surface area contributed by atoms with Crippen molar-refractivity contribution in [2.45, 2.75) is 19.4 Å². The minimum Gasteiger partial charge on any atom is -0.490 e. The highest BCUT2D eigenvalue weighted by Gasteiger charge is 2.13. The van der Waals surface area contributed by atoms with Crippen molar-refractivity contribution in [1.82, 2.24) is 5.73 Å². The van der Waals surface area contributed by atoms with E-state index in [9.17, 15) is 4.79 Å². The van der Waals surface area contributed by atoms with E-state index in [0.29, 0.717) is 0 Å². The Labute approximate surface area is 148 Å². The Balaban J connectivity index is 2.01. The summed E-state index contributed by atoms with van der Waals surface area (Å²) in [6, 6.07) is 26.3. The summed E-state index contributed by atoms with van der Waals surface area (Å²) in [5, 5.41) is 0. The maximum atomic E-state index is 11.0. The molecule has 0 aromatic heterocycles. The van der Waals surface area contributed by atoms with Gasteiger partial charge in [0.1, 0.15) is 11.9 Å². The first kappa shape index (κ1) is 16.8. The number of amides is 1. The summed E-state index contributed by atoms with van der Waals surface area (Å²) in [7, 11) is 0. The van der Waals surface area contributed by atoms with Crippen LogP contribution in [0.1, 0.15) is 13.3 Å². The molecule has 0 aliphatic carbocycles. The average Bonchev–Trinajstić information content (AvgIpc) is 2.63. The normalized spacial score (nSPS) is 11.7. The van der Waals surface area contributed by atoms with Crippen molar-refractivity contribution in [3.8, 4) is 28.0 Å². The summed E-state index contributed by atoms with van der Waals surface area (Å²) < 4.78 is 5.96. The van der Waals surface area contributed by atoms with Crippen molar-refractivity contribution in [2.75, 3.05) is 0 Å². The van der Waals surface area contributed by atoms with E-state index in [2.05, 4.69) is 18.2 Å². The van der Waals surface area contributed by atoms with Gasteiger partial charge >= 0.3 is 0 Å². The van der Waals surface area contributed by atoms with E-state index in [-0.39, 0.29) is 12.5 Å². The molecule has 3 aromatic carbocycles. The highest BCUT2D eigenvalue weighted by Crippen LogP contribution is 2.35. The van der Waals surface area contributed by atoms with Gasteiger partial charge in [-0.25, -0.2) is 0 Å². The lowest BCUT2D eigenvalue weighted by molar-refractivity contribution is -0.120. The molecule has 3 heteroatoms. The van der Waals surface area contributed by atoms with Crippen LogP contribution in [-0.2, 0) is 4.79 Å². The fourth-order valence-electron chi connectivity index (χ4n) is 2.81. The zero-order valence-electron chi connectivity index (χ0n) is 14.1. The maximum Gasteiger partial charge on any atom is 0.242 e. The Morgan fingerprint density at radius 2 is 1.48 bits per heavy atom. The number of nitrogens with one attached hydrogen (secondary N) is 1. The Bertz CT molecular complexity index is 844. The molecule has 125 valence electrons. The Hall–Kier alpha value is -3.07.